The van der Waals surface area contributed by atoms with E-state index in [1.165, 1.54) is 17.0 Å². The largest absolute Gasteiger partial charge is 0.508 e. The van der Waals surface area contributed by atoms with Gasteiger partial charge in [0.15, 0.2) is 0 Å². The van der Waals surface area contributed by atoms with Crippen molar-refractivity contribution in [2.45, 2.75) is 92.0 Å². The number of carbonyl (C=O) groups is 3. The summed E-state index contributed by atoms with van der Waals surface area (Å²) in [5.41, 5.74) is 1.24. The second-order valence-electron chi connectivity index (χ2n) is 11.1. The van der Waals surface area contributed by atoms with Crippen LogP contribution in [0.1, 0.15) is 78.5 Å². The summed E-state index contributed by atoms with van der Waals surface area (Å²) < 4.78 is 5.43. The molecule has 0 heterocycles. The van der Waals surface area contributed by atoms with Crippen LogP contribution in [0.3, 0.4) is 0 Å². The molecule has 0 aromatic heterocycles. The van der Waals surface area contributed by atoms with Crippen LogP contribution in [0.2, 0.25) is 0 Å². The van der Waals surface area contributed by atoms with E-state index in [1.54, 1.807) is 39.0 Å². The number of ether oxygens (including phenoxy) is 1. The molecule has 0 saturated carbocycles. The highest BCUT2D eigenvalue weighted by Gasteiger charge is 2.39. The van der Waals surface area contributed by atoms with Crippen molar-refractivity contribution in [2.75, 3.05) is 5.32 Å². The quantitative estimate of drug-likeness (QED) is 0.355. The highest BCUT2D eigenvalue weighted by molar-refractivity contribution is 5.99. The molecular weight excluding hydrogens is 482 g/mol. The zero-order valence-corrected chi connectivity index (χ0v) is 23.9. The van der Waals surface area contributed by atoms with Crippen molar-refractivity contribution in [3.8, 4) is 5.75 Å². The standard InChI is InChI=1S/C30H43N3O5/c1-9-21(5)33(28(36)25(17-19(2)3)32-29(37)38-30(6,7)8)26(22-14-12-15-23(34)18-22)27(35)31-24-16-11-10-13-20(24)4/h10-16,18-19,21,25-26,34H,9,17H2,1-8H3,(H,31,35)(H,32,37). The van der Waals surface area contributed by atoms with E-state index >= 15 is 0 Å². The number of para-hydroxylation sites is 1. The SMILES string of the molecule is CCC(C)N(C(=O)C(CC(C)C)NC(=O)OC(C)(C)C)C(C(=O)Nc1ccccc1C)c1cccc(O)c1. The summed E-state index contributed by atoms with van der Waals surface area (Å²) in [6.45, 7) is 14.9. The number of phenolic OH excluding ortho intramolecular Hbond substituents is 1. The summed E-state index contributed by atoms with van der Waals surface area (Å²) in [6.07, 6.45) is 0.232. The molecule has 3 N–H and O–H groups in total. The lowest BCUT2D eigenvalue weighted by molar-refractivity contribution is -0.143. The molecule has 2 aromatic carbocycles. The third-order valence-corrected chi connectivity index (χ3v) is 6.13. The van der Waals surface area contributed by atoms with Crippen molar-refractivity contribution in [1.29, 1.82) is 0 Å². The fraction of sp³-hybridized carbons (Fsp3) is 0.500. The van der Waals surface area contributed by atoms with E-state index in [4.69, 9.17) is 4.74 Å². The van der Waals surface area contributed by atoms with Gasteiger partial charge in [0.25, 0.3) is 5.91 Å². The first-order chi connectivity index (χ1) is 17.7. The van der Waals surface area contributed by atoms with Gasteiger partial charge in [0.05, 0.1) is 0 Å². The first-order valence-corrected chi connectivity index (χ1v) is 13.2. The molecule has 0 bridgehead atoms. The van der Waals surface area contributed by atoms with Gasteiger partial charge in [0.1, 0.15) is 23.4 Å². The van der Waals surface area contributed by atoms with Gasteiger partial charge in [-0.05, 0) is 82.7 Å². The number of amides is 3. The molecule has 0 aliphatic heterocycles. The maximum atomic E-state index is 14.2. The Hall–Kier alpha value is -3.55. The van der Waals surface area contributed by atoms with Crippen molar-refractivity contribution in [2.24, 2.45) is 5.92 Å². The van der Waals surface area contributed by atoms with Crippen LogP contribution in [0.15, 0.2) is 48.5 Å². The van der Waals surface area contributed by atoms with Gasteiger partial charge < -0.3 is 25.4 Å². The lowest BCUT2D eigenvalue weighted by Crippen LogP contribution is -2.55. The number of hydrogen-bond acceptors (Lipinski definition) is 5. The number of nitrogens with one attached hydrogen (secondary N) is 2. The Balaban J connectivity index is 2.57. The molecule has 0 radical (unpaired) electrons. The molecule has 3 atom stereocenters. The minimum absolute atomic E-state index is 0.0154. The van der Waals surface area contributed by atoms with Crippen LogP contribution in [0.25, 0.3) is 0 Å². The zero-order chi connectivity index (χ0) is 28.6. The molecular formula is C30H43N3O5. The Kier molecular flexibility index (Phi) is 10.7. The average molecular weight is 526 g/mol. The van der Waals surface area contributed by atoms with Crippen LogP contribution < -0.4 is 10.6 Å². The summed E-state index contributed by atoms with van der Waals surface area (Å²) in [5, 5.41) is 16.0. The number of anilines is 1. The molecule has 2 aromatic rings. The minimum atomic E-state index is -1.06. The number of hydrogen-bond donors (Lipinski definition) is 3. The first kappa shape index (κ1) is 30.7. The van der Waals surface area contributed by atoms with Crippen LogP contribution in [0.4, 0.5) is 10.5 Å². The molecule has 0 spiro atoms. The Labute approximate surface area is 226 Å². The van der Waals surface area contributed by atoms with E-state index in [1.807, 2.05) is 52.8 Å². The Morgan fingerprint density at radius 2 is 1.68 bits per heavy atom. The summed E-state index contributed by atoms with van der Waals surface area (Å²) >= 11 is 0. The molecule has 3 amide bonds. The van der Waals surface area contributed by atoms with Crippen LogP contribution in [-0.2, 0) is 14.3 Å². The number of alkyl carbamates (subject to hydrolysis) is 1. The topological polar surface area (TPSA) is 108 Å². The molecule has 3 unspecified atom stereocenters. The molecule has 0 saturated heterocycles. The van der Waals surface area contributed by atoms with Crippen molar-refractivity contribution >= 4 is 23.6 Å². The first-order valence-electron chi connectivity index (χ1n) is 13.2. The van der Waals surface area contributed by atoms with E-state index in [0.717, 1.165) is 5.56 Å². The summed E-state index contributed by atoms with van der Waals surface area (Å²) in [6, 6.07) is 11.4. The van der Waals surface area contributed by atoms with Crippen LogP contribution in [-0.4, -0.2) is 45.6 Å². The number of aryl methyl sites for hydroxylation is 1. The molecule has 0 aliphatic carbocycles. The Morgan fingerprint density at radius 1 is 1.03 bits per heavy atom. The predicted octanol–water partition coefficient (Wildman–Crippen LogP) is 5.95. The van der Waals surface area contributed by atoms with Crippen LogP contribution >= 0.6 is 0 Å². The number of nitrogens with zero attached hydrogens (tertiary/aromatic N) is 1. The van der Waals surface area contributed by atoms with E-state index < -0.39 is 35.6 Å². The molecule has 38 heavy (non-hydrogen) atoms. The monoisotopic (exact) mass is 525 g/mol. The number of carbonyl (C=O) groups excluding carboxylic acids is 3. The number of benzene rings is 2. The normalized spacial score (nSPS) is 13.8. The summed E-state index contributed by atoms with van der Waals surface area (Å²) in [5.74, 6) is -0.748. The summed E-state index contributed by atoms with van der Waals surface area (Å²) in [7, 11) is 0. The van der Waals surface area contributed by atoms with Crippen molar-refractivity contribution in [3.05, 3.63) is 59.7 Å². The van der Waals surface area contributed by atoms with Gasteiger partial charge in [0, 0.05) is 11.7 Å². The third-order valence-electron chi connectivity index (χ3n) is 6.13. The van der Waals surface area contributed by atoms with E-state index in [2.05, 4.69) is 10.6 Å². The van der Waals surface area contributed by atoms with E-state index in [9.17, 15) is 19.5 Å². The van der Waals surface area contributed by atoms with Gasteiger partial charge in [-0.25, -0.2) is 4.79 Å². The Bertz CT molecular complexity index is 1110. The second kappa shape index (κ2) is 13.3. The molecule has 8 heteroatoms. The van der Waals surface area contributed by atoms with Gasteiger partial charge in [-0.3, -0.25) is 9.59 Å². The van der Waals surface area contributed by atoms with Crippen molar-refractivity contribution in [3.63, 3.8) is 0 Å². The van der Waals surface area contributed by atoms with Gasteiger partial charge in [-0.1, -0.05) is 51.1 Å². The van der Waals surface area contributed by atoms with Crippen molar-refractivity contribution in [1.82, 2.24) is 10.2 Å². The highest BCUT2D eigenvalue weighted by Crippen LogP contribution is 2.30. The molecule has 208 valence electrons. The fourth-order valence-electron chi connectivity index (χ4n) is 4.17. The van der Waals surface area contributed by atoms with E-state index in [-0.39, 0.29) is 17.7 Å². The zero-order valence-electron chi connectivity index (χ0n) is 23.9. The molecule has 0 fully saturated rings. The van der Waals surface area contributed by atoms with Gasteiger partial charge in [0.2, 0.25) is 5.91 Å². The highest BCUT2D eigenvalue weighted by atomic mass is 16.6. The van der Waals surface area contributed by atoms with E-state index in [0.29, 0.717) is 24.1 Å². The average Bonchev–Trinajstić information content (AvgIpc) is 2.81. The predicted molar refractivity (Wildman–Crippen MR) is 150 cm³/mol. The minimum Gasteiger partial charge on any atom is -0.508 e. The van der Waals surface area contributed by atoms with Crippen LogP contribution in [0.5, 0.6) is 5.75 Å². The maximum absolute atomic E-state index is 14.2. The second-order valence-corrected chi connectivity index (χ2v) is 11.1. The fourth-order valence-corrected chi connectivity index (χ4v) is 4.17. The third kappa shape index (κ3) is 8.78. The smallest absolute Gasteiger partial charge is 0.408 e. The number of phenols is 1. The Morgan fingerprint density at radius 3 is 2.24 bits per heavy atom. The summed E-state index contributed by atoms with van der Waals surface area (Å²) in [4.78, 5) is 42.3. The van der Waals surface area contributed by atoms with Crippen molar-refractivity contribution < 1.29 is 24.2 Å². The maximum Gasteiger partial charge on any atom is 0.408 e. The molecule has 0 aliphatic rings. The van der Waals surface area contributed by atoms with Gasteiger partial charge >= 0.3 is 6.09 Å². The molecule has 8 nitrogen and oxygen atoms in total. The molecule has 2 rings (SSSR count). The number of rotatable bonds is 10. The van der Waals surface area contributed by atoms with Gasteiger partial charge in [-0.15, -0.1) is 0 Å². The number of aromatic hydroxyl groups is 1. The lowest BCUT2D eigenvalue weighted by Gasteiger charge is -2.38. The lowest BCUT2D eigenvalue weighted by atomic mass is 9.97. The van der Waals surface area contributed by atoms with Gasteiger partial charge in [-0.2, -0.15) is 0 Å². The van der Waals surface area contributed by atoms with Crippen LogP contribution in [0, 0.1) is 12.8 Å².